The van der Waals surface area contributed by atoms with Gasteiger partial charge in [-0.1, -0.05) is 163 Å². The van der Waals surface area contributed by atoms with E-state index in [2.05, 4.69) is 0 Å². The lowest BCUT2D eigenvalue weighted by atomic mass is 9.82. The van der Waals surface area contributed by atoms with Gasteiger partial charge >= 0.3 is 0 Å². The molecule has 0 nitrogen and oxygen atoms in total. The highest BCUT2D eigenvalue weighted by Gasteiger charge is 2.20. The minimum absolute atomic E-state index is 0.621. The third-order valence-corrected chi connectivity index (χ3v) is 7.94. The van der Waals surface area contributed by atoms with Crippen LogP contribution in [0.2, 0.25) is 0 Å². The Kier molecular flexibility index (Phi) is 2.36. The zero-order valence-electron chi connectivity index (χ0n) is 54.0. The molecular formula is C48H30. The van der Waals surface area contributed by atoms with Crippen LogP contribution in [0.1, 0.15) is 41.1 Å². The second kappa shape index (κ2) is 10.7. The molecule has 0 bridgehead atoms. The molecule has 10 aromatic carbocycles. The van der Waals surface area contributed by atoms with Gasteiger partial charge in [-0.15, -0.1) is 0 Å². The molecule has 222 valence electrons. The second-order valence-electron chi connectivity index (χ2n) is 10.5. The van der Waals surface area contributed by atoms with Gasteiger partial charge in [0.2, 0.25) is 0 Å². The molecule has 48 heavy (non-hydrogen) atoms. The standard InChI is InChI=1S/C48H30/c1-2-14-33-28-36(25-24-31(33)12-1)47-42-21-9-10-22-43(42)48(45-29-34-15-4-6-18-39(34)40-19-7-8-20-41(40)45)46-30-35(26-27-44(46)47)38-23-11-16-32-13-3-5-17-37(32)38/h1-30H/i1D,2D,3D,4D,5D,6D,7D,8D,9D,10D,11D,12D,13D,14D,15D,16D,17D,18D,19D,20D,21D,22D,23D,24D,25D,26D,27D,28D,29D,30D. The highest BCUT2D eigenvalue weighted by molar-refractivity contribution is 6.26. The van der Waals surface area contributed by atoms with E-state index in [0.717, 1.165) is 0 Å². The summed E-state index contributed by atoms with van der Waals surface area (Å²) in [6, 6.07) is -29.8. The average Bonchev–Trinajstić information content (AvgIpc) is 3.61. The number of rotatable bonds is 3. The summed E-state index contributed by atoms with van der Waals surface area (Å²) >= 11 is 0. The minimum atomic E-state index is -1.17. The first kappa shape index (κ1) is 10.6. The van der Waals surface area contributed by atoms with Crippen molar-refractivity contribution in [1.29, 1.82) is 0 Å². The molecule has 0 heteroatoms. The van der Waals surface area contributed by atoms with Crippen LogP contribution in [0.3, 0.4) is 0 Å². The van der Waals surface area contributed by atoms with Crippen molar-refractivity contribution in [2.75, 3.05) is 0 Å². The fraction of sp³-hybridized carbons (Fsp3) is 0. The van der Waals surface area contributed by atoms with Gasteiger partial charge in [0, 0.05) is 0 Å². The van der Waals surface area contributed by atoms with Crippen molar-refractivity contribution in [3.63, 3.8) is 0 Å². The Morgan fingerprint density at radius 1 is 0.250 bits per heavy atom. The minimum Gasteiger partial charge on any atom is -0.0616 e. The van der Waals surface area contributed by atoms with Crippen LogP contribution in [0.15, 0.2) is 181 Å². The molecule has 0 amide bonds. The first-order valence-corrected chi connectivity index (χ1v) is 14.2. The Bertz CT molecular complexity index is 4590. The van der Waals surface area contributed by atoms with E-state index in [1.54, 1.807) is 0 Å². The van der Waals surface area contributed by atoms with Crippen molar-refractivity contribution in [3.8, 4) is 33.4 Å². The Morgan fingerprint density at radius 3 is 1.62 bits per heavy atom. The number of hydrogen-bond acceptors (Lipinski definition) is 0. The van der Waals surface area contributed by atoms with Gasteiger partial charge in [0.15, 0.2) is 0 Å². The summed E-state index contributed by atoms with van der Waals surface area (Å²) in [6.07, 6.45) is 0. The molecular weight excluding hydrogens is 577 g/mol. The Morgan fingerprint density at radius 2 is 0.812 bits per heavy atom. The van der Waals surface area contributed by atoms with E-state index in [4.69, 9.17) is 24.7 Å². The summed E-state index contributed by atoms with van der Waals surface area (Å²) in [5, 5.41) is -9.04. The van der Waals surface area contributed by atoms with Gasteiger partial charge in [0.25, 0.3) is 0 Å². The van der Waals surface area contributed by atoms with E-state index in [0.29, 0.717) is 0 Å². The van der Waals surface area contributed by atoms with Crippen LogP contribution in [0.25, 0.3) is 98.0 Å². The highest BCUT2D eigenvalue weighted by Crippen LogP contribution is 2.48. The summed E-state index contributed by atoms with van der Waals surface area (Å²) in [7, 11) is 0. The molecule has 0 aliphatic heterocycles. The van der Waals surface area contributed by atoms with Crippen molar-refractivity contribution in [2.24, 2.45) is 0 Å². The van der Waals surface area contributed by atoms with E-state index in [1.165, 1.54) is 0 Å². The van der Waals surface area contributed by atoms with Crippen LogP contribution in [0.4, 0.5) is 0 Å². The predicted octanol–water partition coefficient (Wildman–Crippen LogP) is 13.6. The maximum atomic E-state index is 10.4. The SMILES string of the molecule is [2H]c1c([2H])c([2H])c2c([2H])c(-c3c4c([2H])c([2H])c([2H])c([2H])c4c(-c4c([2H])c5c([2H])c([2H])c([2H])c([2H])c5c5c([2H])c([2H])c([2H])c([2H])c45)c4c([2H])c(-c5c([2H])c([2H])c([2H])c6c([2H])c([2H])c([2H])c([2H])c56)c([2H])c([2H])c34)c([2H])c([2H])c2c1[2H]. The summed E-state index contributed by atoms with van der Waals surface area (Å²) < 4.78 is 274. The highest BCUT2D eigenvalue weighted by atomic mass is 14.2. The van der Waals surface area contributed by atoms with Crippen molar-refractivity contribution in [1.82, 2.24) is 0 Å². The number of hydrogen-bond donors (Lipinski definition) is 0. The molecule has 0 radical (unpaired) electrons. The molecule has 0 aromatic heterocycles. The zero-order valence-corrected chi connectivity index (χ0v) is 24.0. The summed E-state index contributed by atoms with van der Waals surface area (Å²) in [5.74, 6) is 0. The van der Waals surface area contributed by atoms with Crippen molar-refractivity contribution in [2.45, 2.75) is 0 Å². The van der Waals surface area contributed by atoms with E-state index in [-0.39, 0.29) is 0 Å². The Balaban J connectivity index is 1.67. The first-order valence-electron chi connectivity index (χ1n) is 29.2. The maximum Gasteiger partial charge on any atom is 0.0636 e. The Hall–Kier alpha value is -6.24. The molecule has 0 saturated heterocycles. The smallest absolute Gasteiger partial charge is 0.0616 e. The number of benzene rings is 10. The lowest BCUT2D eigenvalue weighted by molar-refractivity contribution is 1.67. The normalized spacial score (nSPS) is 20.5. The topological polar surface area (TPSA) is 0 Å². The molecule has 0 aliphatic carbocycles. The van der Waals surface area contributed by atoms with Crippen LogP contribution in [-0.2, 0) is 0 Å². The Labute approximate surface area is 321 Å². The second-order valence-corrected chi connectivity index (χ2v) is 10.5. The van der Waals surface area contributed by atoms with Gasteiger partial charge < -0.3 is 0 Å². The van der Waals surface area contributed by atoms with Crippen molar-refractivity contribution < 1.29 is 41.1 Å². The molecule has 0 saturated carbocycles. The molecule has 0 N–H and O–H groups in total. The molecule has 0 unspecified atom stereocenters. The van der Waals surface area contributed by atoms with Gasteiger partial charge in [-0.05, 0) is 116 Å². The summed E-state index contributed by atoms with van der Waals surface area (Å²) in [5.41, 5.74) is -5.23. The number of fused-ring (bicyclic) bond motifs is 7. The fourth-order valence-corrected chi connectivity index (χ4v) is 5.91. The quantitative estimate of drug-likeness (QED) is 0.134. The average molecular weight is 637 g/mol. The van der Waals surface area contributed by atoms with E-state index >= 15 is 0 Å². The molecule has 0 aliphatic rings. The molecule has 10 aromatic rings. The predicted molar refractivity (Wildman–Crippen MR) is 208 cm³/mol. The van der Waals surface area contributed by atoms with E-state index in [1.807, 2.05) is 0 Å². The van der Waals surface area contributed by atoms with Crippen LogP contribution in [-0.4, -0.2) is 0 Å². The van der Waals surface area contributed by atoms with Crippen LogP contribution in [0, 0.1) is 0 Å². The third kappa shape index (κ3) is 4.10. The zero-order chi connectivity index (χ0) is 57.7. The molecule has 0 heterocycles. The van der Waals surface area contributed by atoms with Crippen LogP contribution in [0.5, 0.6) is 0 Å². The van der Waals surface area contributed by atoms with Crippen LogP contribution >= 0.6 is 0 Å². The maximum absolute atomic E-state index is 10.4. The lowest BCUT2D eigenvalue weighted by Gasteiger charge is -2.21. The summed E-state index contributed by atoms with van der Waals surface area (Å²) in [4.78, 5) is 0. The van der Waals surface area contributed by atoms with Crippen molar-refractivity contribution >= 4 is 64.6 Å². The van der Waals surface area contributed by atoms with Gasteiger partial charge in [0.05, 0.1) is 41.1 Å². The third-order valence-electron chi connectivity index (χ3n) is 7.94. The molecule has 0 atom stereocenters. The fourth-order valence-electron chi connectivity index (χ4n) is 5.91. The summed E-state index contributed by atoms with van der Waals surface area (Å²) in [6.45, 7) is 0. The van der Waals surface area contributed by atoms with Crippen molar-refractivity contribution in [3.05, 3.63) is 181 Å². The van der Waals surface area contributed by atoms with Gasteiger partial charge in [0.1, 0.15) is 0 Å². The van der Waals surface area contributed by atoms with Crippen LogP contribution < -0.4 is 0 Å². The first-order chi connectivity index (χ1) is 36.3. The molecule has 0 spiro atoms. The lowest BCUT2D eigenvalue weighted by Crippen LogP contribution is -1.93. The van der Waals surface area contributed by atoms with Gasteiger partial charge in [-0.25, -0.2) is 0 Å². The van der Waals surface area contributed by atoms with E-state index < -0.39 is 279 Å². The molecule has 0 fully saturated rings. The molecule has 10 rings (SSSR count). The largest absolute Gasteiger partial charge is 0.0636 e. The van der Waals surface area contributed by atoms with Gasteiger partial charge in [-0.2, -0.15) is 0 Å². The van der Waals surface area contributed by atoms with Gasteiger partial charge in [-0.3, -0.25) is 0 Å². The van der Waals surface area contributed by atoms with E-state index in [9.17, 15) is 16.4 Å². The monoisotopic (exact) mass is 636 g/mol.